The lowest BCUT2D eigenvalue weighted by Crippen LogP contribution is -2.45. The summed E-state index contributed by atoms with van der Waals surface area (Å²) in [6.45, 7) is 4.81. The fourth-order valence-corrected chi connectivity index (χ4v) is 3.45. The third kappa shape index (κ3) is 5.09. The summed E-state index contributed by atoms with van der Waals surface area (Å²) in [7, 11) is -3.42. The summed E-state index contributed by atoms with van der Waals surface area (Å²) < 4.78 is 26.1. The van der Waals surface area contributed by atoms with Crippen molar-refractivity contribution >= 4 is 34.0 Å². The number of hydrogen-bond acceptors (Lipinski definition) is 4. The highest BCUT2D eigenvalue weighted by Crippen LogP contribution is 2.24. The molecule has 1 fully saturated rings. The lowest BCUT2D eigenvalue weighted by Gasteiger charge is -2.35. The van der Waals surface area contributed by atoms with Gasteiger partial charge in [0, 0.05) is 19.1 Å². The molecule has 0 aromatic heterocycles. The van der Waals surface area contributed by atoms with Crippen molar-refractivity contribution in [2.24, 2.45) is 11.7 Å². The molecule has 1 aromatic rings. The zero-order valence-corrected chi connectivity index (χ0v) is 15.7. The maximum Gasteiger partial charge on any atom is 0.255 e. The molecule has 1 saturated heterocycles. The van der Waals surface area contributed by atoms with Gasteiger partial charge in [0.05, 0.1) is 17.0 Å². The third-order valence-corrected chi connectivity index (χ3v) is 5.58. The van der Waals surface area contributed by atoms with Gasteiger partial charge in [-0.3, -0.25) is 9.52 Å². The van der Waals surface area contributed by atoms with Gasteiger partial charge in [-0.1, -0.05) is 12.1 Å². The van der Waals surface area contributed by atoms with Crippen LogP contribution in [0.1, 0.15) is 37.0 Å². The van der Waals surface area contributed by atoms with Crippen LogP contribution in [-0.2, 0) is 10.0 Å². The minimum atomic E-state index is -3.42. The second kappa shape index (κ2) is 8.69. The van der Waals surface area contributed by atoms with E-state index in [-0.39, 0.29) is 36.0 Å². The number of halogens is 1. The molecule has 1 aromatic carbocycles. The molecule has 1 heterocycles. The fraction of sp³-hybridized carbons (Fsp3) is 0.562. The van der Waals surface area contributed by atoms with E-state index in [0.29, 0.717) is 24.3 Å². The Kier molecular flexibility index (Phi) is 7.51. The molecular weight excluding hydrogens is 350 g/mol. The molecule has 1 aliphatic rings. The van der Waals surface area contributed by atoms with Crippen LogP contribution in [-0.4, -0.2) is 44.1 Å². The smallest absolute Gasteiger partial charge is 0.255 e. The van der Waals surface area contributed by atoms with Gasteiger partial charge in [-0.25, -0.2) is 8.42 Å². The first-order chi connectivity index (χ1) is 10.8. The molecule has 2 atom stereocenters. The summed E-state index contributed by atoms with van der Waals surface area (Å²) >= 11 is 0. The molecule has 0 aliphatic carbocycles. The Bertz CT molecular complexity index is 664. The number of carbonyl (C=O) groups excluding carboxylic acids is 1. The minimum Gasteiger partial charge on any atom is -0.338 e. The van der Waals surface area contributed by atoms with Gasteiger partial charge in [-0.2, -0.15) is 0 Å². The highest BCUT2D eigenvalue weighted by Gasteiger charge is 2.28. The van der Waals surface area contributed by atoms with E-state index in [1.165, 1.54) is 0 Å². The van der Waals surface area contributed by atoms with Crippen LogP contribution in [0.2, 0.25) is 0 Å². The zero-order valence-electron chi connectivity index (χ0n) is 14.1. The van der Waals surface area contributed by atoms with Crippen molar-refractivity contribution in [2.45, 2.75) is 32.7 Å². The first-order valence-corrected chi connectivity index (χ1v) is 9.63. The summed E-state index contributed by atoms with van der Waals surface area (Å²) in [4.78, 5) is 14.6. The quantitative estimate of drug-likeness (QED) is 0.823. The molecule has 3 N–H and O–H groups in total. The summed E-state index contributed by atoms with van der Waals surface area (Å²) in [5.41, 5.74) is 6.69. The van der Waals surface area contributed by atoms with Gasteiger partial charge in [-0.15, -0.1) is 12.4 Å². The number of anilines is 1. The number of benzene rings is 1. The van der Waals surface area contributed by atoms with Crippen molar-refractivity contribution in [1.82, 2.24) is 4.90 Å². The first kappa shape index (κ1) is 20.7. The van der Waals surface area contributed by atoms with E-state index in [1.54, 1.807) is 36.1 Å². The molecule has 0 saturated carbocycles. The number of nitrogens with one attached hydrogen (secondary N) is 1. The Morgan fingerprint density at radius 3 is 2.71 bits per heavy atom. The van der Waals surface area contributed by atoms with Crippen LogP contribution < -0.4 is 10.5 Å². The lowest BCUT2D eigenvalue weighted by molar-refractivity contribution is 0.0662. The first-order valence-electron chi connectivity index (χ1n) is 7.98. The number of nitrogens with two attached hydrogens (primary N) is 1. The van der Waals surface area contributed by atoms with E-state index in [4.69, 9.17) is 5.73 Å². The third-order valence-electron chi connectivity index (χ3n) is 4.29. The topological polar surface area (TPSA) is 92.5 Å². The normalized spacial score (nSPS) is 19.3. The number of amides is 1. The molecule has 24 heavy (non-hydrogen) atoms. The fourth-order valence-electron chi connectivity index (χ4n) is 2.79. The molecule has 0 radical (unpaired) electrons. The maximum atomic E-state index is 12.8. The van der Waals surface area contributed by atoms with Crippen molar-refractivity contribution in [3.05, 3.63) is 29.8 Å². The van der Waals surface area contributed by atoms with E-state index < -0.39 is 10.0 Å². The predicted molar refractivity (Wildman–Crippen MR) is 99.1 cm³/mol. The van der Waals surface area contributed by atoms with Crippen molar-refractivity contribution in [2.75, 3.05) is 23.6 Å². The highest BCUT2D eigenvalue weighted by molar-refractivity contribution is 7.92. The van der Waals surface area contributed by atoms with Gasteiger partial charge in [0.15, 0.2) is 0 Å². The van der Waals surface area contributed by atoms with Crippen LogP contribution in [0.5, 0.6) is 0 Å². The summed E-state index contributed by atoms with van der Waals surface area (Å²) in [5.74, 6) is 0.100. The van der Waals surface area contributed by atoms with Gasteiger partial charge in [0.1, 0.15) is 0 Å². The Labute approximate surface area is 150 Å². The lowest BCUT2D eigenvalue weighted by atomic mass is 9.92. The molecule has 0 spiro atoms. The van der Waals surface area contributed by atoms with Gasteiger partial charge in [0.25, 0.3) is 5.91 Å². The summed E-state index contributed by atoms with van der Waals surface area (Å²) in [5, 5.41) is 0. The molecule has 136 valence electrons. The van der Waals surface area contributed by atoms with E-state index >= 15 is 0 Å². The Hall–Kier alpha value is -1.31. The average molecular weight is 376 g/mol. The average Bonchev–Trinajstić information content (AvgIpc) is 2.54. The Morgan fingerprint density at radius 2 is 2.08 bits per heavy atom. The molecule has 0 bridgehead atoms. The van der Waals surface area contributed by atoms with Crippen LogP contribution in [0.25, 0.3) is 0 Å². The number of hydrogen-bond donors (Lipinski definition) is 2. The molecule has 1 aliphatic heterocycles. The second-order valence-corrected chi connectivity index (χ2v) is 8.07. The van der Waals surface area contributed by atoms with Crippen LogP contribution in [0.15, 0.2) is 24.3 Å². The highest BCUT2D eigenvalue weighted by atomic mass is 35.5. The number of nitrogens with zero attached hydrogens (tertiary/aromatic N) is 1. The second-order valence-electron chi connectivity index (χ2n) is 6.06. The van der Waals surface area contributed by atoms with Crippen molar-refractivity contribution in [1.29, 1.82) is 0 Å². The molecule has 1 amide bonds. The maximum absolute atomic E-state index is 12.8. The summed E-state index contributed by atoms with van der Waals surface area (Å²) in [6, 6.07) is 6.77. The van der Waals surface area contributed by atoms with Crippen LogP contribution >= 0.6 is 12.4 Å². The number of piperidine rings is 1. The minimum absolute atomic E-state index is 0. The number of rotatable bonds is 5. The van der Waals surface area contributed by atoms with Gasteiger partial charge < -0.3 is 10.6 Å². The number of carbonyl (C=O) groups is 1. The largest absolute Gasteiger partial charge is 0.338 e. The predicted octanol–water partition coefficient (Wildman–Crippen LogP) is 2.07. The standard InChI is InChI=1S/C16H25N3O3S.ClH/c1-3-23(21,22)18-15-9-5-4-8-14(15)16(20)19-10-6-7-13(11-19)12(2)17;/h4-5,8-9,12-13,18H,3,6-7,10-11,17H2,1-2H3;1H. The van der Waals surface area contributed by atoms with Crippen molar-refractivity contribution < 1.29 is 13.2 Å². The SMILES string of the molecule is CCS(=O)(=O)Nc1ccccc1C(=O)N1CCCC(C(C)N)C1.Cl. The van der Waals surface area contributed by atoms with Crippen molar-refractivity contribution in [3.8, 4) is 0 Å². The Balaban J connectivity index is 0.00000288. The van der Waals surface area contributed by atoms with Gasteiger partial charge in [0.2, 0.25) is 10.0 Å². The number of sulfonamides is 1. The Morgan fingerprint density at radius 1 is 1.42 bits per heavy atom. The molecule has 8 heteroatoms. The van der Waals surface area contributed by atoms with Crippen molar-refractivity contribution in [3.63, 3.8) is 0 Å². The number of para-hydroxylation sites is 1. The molecule has 6 nitrogen and oxygen atoms in total. The van der Waals surface area contributed by atoms with Gasteiger partial charge in [-0.05, 0) is 44.7 Å². The molecule has 2 unspecified atom stereocenters. The zero-order chi connectivity index (χ0) is 17.0. The van der Waals surface area contributed by atoms with E-state index in [1.807, 2.05) is 6.92 Å². The van der Waals surface area contributed by atoms with E-state index in [9.17, 15) is 13.2 Å². The van der Waals surface area contributed by atoms with E-state index in [0.717, 1.165) is 12.8 Å². The molecular formula is C16H26ClN3O3S. The summed E-state index contributed by atoms with van der Waals surface area (Å²) in [6.07, 6.45) is 1.94. The van der Waals surface area contributed by atoms with Crippen LogP contribution in [0, 0.1) is 5.92 Å². The molecule has 2 rings (SSSR count). The monoisotopic (exact) mass is 375 g/mol. The van der Waals surface area contributed by atoms with Gasteiger partial charge >= 0.3 is 0 Å². The number of likely N-dealkylation sites (tertiary alicyclic amines) is 1. The van der Waals surface area contributed by atoms with Crippen LogP contribution in [0.4, 0.5) is 5.69 Å². The van der Waals surface area contributed by atoms with Crippen LogP contribution in [0.3, 0.4) is 0 Å². The van der Waals surface area contributed by atoms with E-state index in [2.05, 4.69) is 4.72 Å².